The molecule has 0 saturated carbocycles. The van der Waals surface area contributed by atoms with Gasteiger partial charge in [0, 0.05) is 12.5 Å². The van der Waals surface area contributed by atoms with E-state index < -0.39 is 11.9 Å². The molecule has 0 aromatic carbocycles. The molecule has 1 rings (SSSR count). The van der Waals surface area contributed by atoms with Crippen LogP contribution in [0.15, 0.2) is 10.6 Å². The fourth-order valence-corrected chi connectivity index (χ4v) is 1.67. The molecule has 5 heteroatoms. The lowest BCUT2D eigenvalue weighted by Gasteiger charge is -2.12. The van der Waals surface area contributed by atoms with Gasteiger partial charge in [0.15, 0.2) is 5.78 Å². The number of hydrogen-bond acceptors (Lipinski definition) is 4. The Morgan fingerprint density at radius 2 is 2.06 bits per heavy atom. The molecule has 100 valence electrons. The predicted molar refractivity (Wildman–Crippen MR) is 65.4 cm³/mol. The third-order valence-corrected chi connectivity index (χ3v) is 2.79. The van der Waals surface area contributed by atoms with Crippen molar-refractivity contribution >= 4 is 11.8 Å². The van der Waals surface area contributed by atoms with Crippen molar-refractivity contribution in [1.82, 2.24) is 5.16 Å². The maximum atomic E-state index is 11.8. The molecule has 1 aromatic heterocycles. The molecule has 1 heterocycles. The number of carbonyl (C=O) groups is 2. The Balaban J connectivity index is 2.60. The number of carbonyl (C=O) groups excluding carboxylic acids is 1. The Morgan fingerprint density at radius 3 is 2.50 bits per heavy atom. The van der Waals surface area contributed by atoms with Gasteiger partial charge in [0.05, 0.1) is 5.92 Å². The van der Waals surface area contributed by atoms with Crippen molar-refractivity contribution in [1.29, 1.82) is 0 Å². The largest absolute Gasteiger partial charge is 0.481 e. The summed E-state index contributed by atoms with van der Waals surface area (Å²) in [6, 6.07) is 1.53. The Hall–Kier alpha value is -1.65. The van der Waals surface area contributed by atoms with Gasteiger partial charge in [0.2, 0.25) is 0 Å². The van der Waals surface area contributed by atoms with Crippen molar-refractivity contribution in [3.05, 3.63) is 17.5 Å². The van der Waals surface area contributed by atoms with Gasteiger partial charge in [-0.3, -0.25) is 9.59 Å². The van der Waals surface area contributed by atoms with E-state index in [1.165, 1.54) is 6.07 Å². The fourth-order valence-electron chi connectivity index (χ4n) is 1.67. The van der Waals surface area contributed by atoms with E-state index in [0.29, 0.717) is 18.1 Å². The molecule has 0 bridgehead atoms. The second kappa shape index (κ2) is 6.33. The summed E-state index contributed by atoms with van der Waals surface area (Å²) in [5.74, 6) is -0.868. The van der Waals surface area contributed by atoms with E-state index in [4.69, 9.17) is 9.63 Å². The van der Waals surface area contributed by atoms with Gasteiger partial charge in [0.1, 0.15) is 11.5 Å². The van der Waals surface area contributed by atoms with E-state index in [2.05, 4.69) is 5.16 Å². The highest BCUT2D eigenvalue weighted by atomic mass is 16.5. The number of carboxylic acids is 1. The third kappa shape index (κ3) is 4.31. The molecule has 0 aliphatic heterocycles. The molecule has 0 aliphatic carbocycles. The maximum Gasteiger partial charge on any atom is 0.306 e. The van der Waals surface area contributed by atoms with Gasteiger partial charge in [-0.15, -0.1) is 0 Å². The number of nitrogens with zero attached hydrogens (tertiary/aromatic N) is 1. The van der Waals surface area contributed by atoms with Crippen molar-refractivity contribution in [3.63, 3.8) is 0 Å². The zero-order valence-electron chi connectivity index (χ0n) is 11.0. The lowest BCUT2D eigenvalue weighted by Crippen LogP contribution is -2.19. The molecule has 1 aromatic rings. The van der Waals surface area contributed by atoms with E-state index in [0.717, 1.165) is 6.42 Å². The van der Waals surface area contributed by atoms with Crippen LogP contribution in [0.1, 0.15) is 49.4 Å². The molecule has 0 fully saturated rings. The van der Waals surface area contributed by atoms with Crippen LogP contribution < -0.4 is 0 Å². The van der Waals surface area contributed by atoms with Crippen molar-refractivity contribution in [3.8, 4) is 0 Å². The highest BCUT2D eigenvalue weighted by Gasteiger charge is 2.23. The zero-order chi connectivity index (χ0) is 13.7. The summed E-state index contributed by atoms with van der Waals surface area (Å²) in [6.45, 7) is 5.75. The van der Waals surface area contributed by atoms with Gasteiger partial charge in [-0.1, -0.05) is 25.4 Å². The van der Waals surface area contributed by atoms with Gasteiger partial charge in [-0.2, -0.15) is 0 Å². The van der Waals surface area contributed by atoms with E-state index in [-0.39, 0.29) is 17.9 Å². The molecule has 0 unspecified atom stereocenters. The van der Waals surface area contributed by atoms with E-state index in [9.17, 15) is 9.59 Å². The third-order valence-electron chi connectivity index (χ3n) is 2.79. The molecule has 0 spiro atoms. The number of ketones is 1. The topological polar surface area (TPSA) is 80.4 Å². The first-order valence-electron chi connectivity index (χ1n) is 6.09. The van der Waals surface area contributed by atoms with Gasteiger partial charge >= 0.3 is 5.97 Å². The average Bonchev–Trinajstić information content (AvgIpc) is 2.70. The van der Waals surface area contributed by atoms with Crippen molar-refractivity contribution < 1.29 is 19.2 Å². The Labute approximate surface area is 106 Å². The minimum Gasteiger partial charge on any atom is -0.481 e. The molecule has 1 atom stereocenters. The maximum absolute atomic E-state index is 11.8. The first-order valence-corrected chi connectivity index (χ1v) is 6.09. The summed E-state index contributed by atoms with van der Waals surface area (Å²) in [7, 11) is 0. The molecule has 0 saturated heterocycles. The summed E-state index contributed by atoms with van der Waals surface area (Å²) in [5.41, 5.74) is 0.211. The number of aryl methyl sites for hydroxylation is 1. The van der Waals surface area contributed by atoms with Crippen LogP contribution in [-0.2, 0) is 4.79 Å². The molecule has 18 heavy (non-hydrogen) atoms. The highest BCUT2D eigenvalue weighted by molar-refractivity contribution is 5.96. The summed E-state index contributed by atoms with van der Waals surface area (Å²) in [4.78, 5) is 22.9. The number of aliphatic carboxylic acids is 1. The summed E-state index contributed by atoms with van der Waals surface area (Å²) < 4.78 is 4.81. The summed E-state index contributed by atoms with van der Waals surface area (Å²) in [5, 5.41) is 12.7. The first kappa shape index (κ1) is 14.4. The van der Waals surface area contributed by atoms with Crippen LogP contribution in [0.2, 0.25) is 0 Å². The van der Waals surface area contributed by atoms with Crippen LogP contribution in [-0.4, -0.2) is 22.0 Å². The number of Topliss-reactive ketones (excluding diaryl/α,β-unsaturated/α-hetero) is 1. The van der Waals surface area contributed by atoms with Crippen LogP contribution in [0.25, 0.3) is 0 Å². The summed E-state index contributed by atoms with van der Waals surface area (Å²) in [6.07, 6.45) is 1.28. The number of rotatable bonds is 7. The standard InChI is InChI=1S/C13H19NO4/c1-8(2)4-5-10(13(16)17)7-12(15)11-6-9(3)18-14-11/h6,8,10H,4-5,7H2,1-3H3,(H,16,17)/t10-/m1/s1. The van der Waals surface area contributed by atoms with Crippen molar-refractivity contribution in [2.24, 2.45) is 11.8 Å². The second-order valence-corrected chi connectivity index (χ2v) is 4.96. The van der Waals surface area contributed by atoms with Crippen LogP contribution in [0.5, 0.6) is 0 Å². The van der Waals surface area contributed by atoms with Gasteiger partial charge in [-0.05, 0) is 19.3 Å². The van der Waals surface area contributed by atoms with E-state index >= 15 is 0 Å². The van der Waals surface area contributed by atoms with Gasteiger partial charge in [-0.25, -0.2) is 0 Å². The molecule has 0 aliphatic rings. The Kier molecular flexibility index (Phi) is 5.07. The Morgan fingerprint density at radius 1 is 1.39 bits per heavy atom. The van der Waals surface area contributed by atoms with Crippen LogP contribution >= 0.6 is 0 Å². The molecule has 1 N–H and O–H groups in total. The van der Waals surface area contributed by atoms with Crippen LogP contribution in [0, 0.1) is 18.8 Å². The second-order valence-electron chi connectivity index (χ2n) is 4.96. The quantitative estimate of drug-likeness (QED) is 0.755. The molecular weight excluding hydrogens is 234 g/mol. The molecular formula is C13H19NO4. The SMILES string of the molecule is Cc1cc(C(=O)C[C@@H](CCC(C)C)C(=O)O)no1. The lowest BCUT2D eigenvalue weighted by molar-refractivity contribution is -0.142. The Bertz CT molecular complexity index is 422. The zero-order valence-corrected chi connectivity index (χ0v) is 11.0. The molecule has 0 amide bonds. The average molecular weight is 253 g/mol. The van der Waals surface area contributed by atoms with Crippen LogP contribution in [0.4, 0.5) is 0 Å². The first-order chi connectivity index (χ1) is 8.40. The monoisotopic (exact) mass is 253 g/mol. The smallest absolute Gasteiger partial charge is 0.306 e. The normalized spacial score (nSPS) is 12.7. The number of carboxylic acid groups (broad SMARTS) is 1. The van der Waals surface area contributed by atoms with Crippen molar-refractivity contribution in [2.45, 2.75) is 40.0 Å². The molecule has 0 radical (unpaired) electrons. The van der Waals surface area contributed by atoms with E-state index in [1.807, 2.05) is 13.8 Å². The lowest BCUT2D eigenvalue weighted by atomic mass is 9.93. The predicted octanol–water partition coefficient (Wildman–Crippen LogP) is 2.69. The summed E-state index contributed by atoms with van der Waals surface area (Å²) >= 11 is 0. The minimum atomic E-state index is -0.927. The highest BCUT2D eigenvalue weighted by Crippen LogP contribution is 2.18. The van der Waals surface area contributed by atoms with Crippen molar-refractivity contribution in [2.75, 3.05) is 0 Å². The van der Waals surface area contributed by atoms with Crippen LogP contribution in [0.3, 0.4) is 0 Å². The number of hydrogen-bond donors (Lipinski definition) is 1. The minimum absolute atomic E-state index is 0.0198. The van der Waals surface area contributed by atoms with Gasteiger partial charge in [0.25, 0.3) is 0 Å². The van der Waals surface area contributed by atoms with E-state index in [1.54, 1.807) is 6.92 Å². The fraction of sp³-hybridized carbons (Fsp3) is 0.615. The van der Waals surface area contributed by atoms with Gasteiger partial charge < -0.3 is 9.63 Å². The molecule has 5 nitrogen and oxygen atoms in total. The number of aromatic nitrogens is 1.